The van der Waals surface area contributed by atoms with Crippen LogP contribution in [0.4, 0.5) is 0 Å². The Balaban J connectivity index is 1.67. The van der Waals surface area contributed by atoms with Gasteiger partial charge in [-0.2, -0.15) is 11.8 Å². The number of guanidine groups is 1. The van der Waals surface area contributed by atoms with Gasteiger partial charge in [0.2, 0.25) is 59.1 Å². The van der Waals surface area contributed by atoms with Crippen LogP contribution in [-0.2, 0) is 60.8 Å². The fourth-order valence-corrected chi connectivity index (χ4v) is 9.39. The second kappa shape index (κ2) is 27.6. The SMILES string of the molecule is CC[C@]1(C)NC(=O)[C@H](Cc2cccs2)NC(=O)[C@@H](Cc2ccccc2)NC(=O)CCCSC[C@@H](C(=O)N2C[C@H](O)C[C@H]2C(=O)N[C@H](CCCN=C(N)N)C(=O)NCC(N)=O)NC(=O)[C@H](CC(N)=O)NC1=O. The molecular weight excluding hydrogens is 963 g/mol. The molecule has 388 valence electrons. The molecule has 24 nitrogen and oxygen atoms in total. The number of hydrogen-bond donors (Lipinski definition) is 12. The Morgan fingerprint density at radius 1 is 0.887 bits per heavy atom. The van der Waals surface area contributed by atoms with Gasteiger partial charge in [0.05, 0.1) is 19.1 Å². The summed E-state index contributed by atoms with van der Waals surface area (Å²) in [5.74, 6) is -8.35. The minimum atomic E-state index is -1.76. The second-order valence-electron chi connectivity index (χ2n) is 17.4. The van der Waals surface area contributed by atoms with Crippen LogP contribution >= 0.6 is 23.1 Å². The van der Waals surface area contributed by atoms with Crippen LogP contribution in [0.15, 0.2) is 52.8 Å². The number of aliphatic imine (C=N–C) groups is 1. The summed E-state index contributed by atoms with van der Waals surface area (Å²) in [5, 5.41) is 30.9. The Hall–Kier alpha value is -6.80. The van der Waals surface area contributed by atoms with Crippen LogP contribution in [-0.4, -0.2) is 154 Å². The average molecular weight is 1030 g/mol. The van der Waals surface area contributed by atoms with Gasteiger partial charge in [0.1, 0.15) is 41.8 Å². The van der Waals surface area contributed by atoms with Gasteiger partial charge in [0.25, 0.3) is 0 Å². The van der Waals surface area contributed by atoms with Crippen LogP contribution in [0.3, 0.4) is 0 Å². The van der Waals surface area contributed by atoms with Crippen molar-refractivity contribution in [2.45, 2.75) is 120 Å². The largest absolute Gasteiger partial charge is 0.391 e. The van der Waals surface area contributed by atoms with E-state index in [9.17, 15) is 53.1 Å². The number of aliphatic hydroxyl groups is 1. The van der Waals surface area contributed by atoms with Gasteiger partial charge in [-0.25, -0.2) is 0 Å². The lowest BCUT2D eigenvalue weighted by molar-refractivity contribution is -0.142. The topological polar surface area (TPSA) is 395 Å². The number of likely N-dealkylation sites (tertiary alicyclic amines) is 1. The number of rotatable bonds is 17. The van der Waals surface area contributed by atoms with Gasteiger partial charge in [-0.3, -0.25) is 52.9 Å². The number of carbonyl (C=O) groups excluding carboxylic acids is 10. The summed E-state index contributed by atoms with van der Waals surface area (Å²) in [6, 6.07) is 4.29. The number of benzene rings is 1. The summed E-state index contributed by atoms with van der Waals surface area (Å²) in [7, 11) is 0. The van der Waals surface area contributed by atoms with Gasteiger partial charge in [0.15, 0.2) is 5.96 Å². The molecule has 0 aliphatic carbocycles. The zero-order chi connectivity index (χ0) is 52.3. The molecule has 0 unspecified atom stereocenters. The summed E-state index contributed by atoms with van der Waals surface area (Å²) in [4.78, 5) is 141. The van der Waals surface area contributed by atoms with Crippen molar-refractivity contribution < 1.29 is 53.1 Å². The Labute approximate surface area is 418 Å². The molecule has 2 fully saturated rings. The van der Waals surface area contributed by atoms with E-state index in [0.717, 1.165) is 27.1 Å². The van der Waals surface area contributed by atoms with E-state index in [1.807, 2.05) is 0 Å². The average Bonchev–Trinajstić information content (AvgIpc) is 3.99. The lowest BCUT2D eigenvalue weighted by Crippen LogP contribution is -2.64. The van der Waals surface area contributed by atoms with Crippen molar-refractivity contribution in [3.8, 4) is 0 Å². The highest BCUT2D eigenvalue weighted by molar-refractivity contribution is 7.99. The lowest BCUT2D eigenvalue weighted by atomic mass is 9.95. The molecule has 3 heterocycles. The number of nitrogens with zero attached hydrogens (tertiary/aromatic N) is 2. The van der Waals surface area contributed by atoms with Crippen LogP contribution < -0.4 is 60.2 Å². The number of amides is 10. The van der Waals surface area contributed by atoms with Gasteiger partial charge in [0, 0.05) is 49.4 Å². The molecule has 4 rings (SSSR count). The van der Waals surface area contributed by atoms with E-state index in [0.29, 0.717) is 0 Å². The first-order chi connectivity index (χ1) is 33.7. The molecular formula is C45H65N13O11S2. The monoisotopic (exact) mass is 1030 g/mol. The third-order valence-electron chi connectivity index (χ3n) is 11.7. The van der Waals surface area contributed by atoms with Gasteiger partial charge < -0.3 is 70.2 Å². The highest BCUT2D eigenvalue weighted by Crippen LogP contribution is 2.22. The fraction of sp³-hybridized carbons (Fsp3) is 0.533. The highest BCUT2D eigenvalue weighted by atomic mass is 32.2. The summed E-state index contributed by atoms with van der Waals surface area (Å²) >= 11 is 2.48. The molecule has 1 aromatic carbocycles. The molecule has 71 heavy (non-hydrogen) atoms. The van der Waals surface area contributed by atoms with Gasteiger partial charge >= 0.3 is 0 Å². The van der Waals surface area contributed by atoms with Crippen LogP contribution in [0.5, 0.6) is 0 Å². The summed E-state index contributed by atoms with van der Waals surface area (Å²) < 4.78 is 0. The molecule has 16 N–H and O–H groups in total. The van der Waals surface area contributed by atoms with Crippen LogP contribution in [0.25, 0.3) is 0 Å². The Morgan fingerprint density at radius 2 is 1.59 bits per heavy atom. The quantitative estimate of drug-likeness (QED) is 0.0412. The van der Waals surface area contributed by atoms with Crippen molar-refractivity contribution in [3.63, 3.8) is 0 Å². The number of β-amino-alcohol motifs (C(OH)–C–C–N with tert-alkyl or cyclic N) is 1. The Kier molecular flexibility index (Phi) is 22.0. The van der Waals surface area contributed by atoms with E-state index < -0.39 is 120 Å². The normalized spacial score (nSPS) is 24.4. The molecule has 26 heteroatoms. The minimum absolute atomic E-state index is 0.0198. The molecule has 10 amide bonds. The summed E-state index contributed by atoms with van der Waals surface area (Å²) in [5.41, 5.74) is 20.5. The minimum Gasteiger partial charge on any atom is -0.391 e. The van der Waals surface area contributed by atoms with Crippen LogP contribution in [0, 0.1) is 0 Å². The molecule has 0 spiro atoms. The molecule has 2 aliphatic heterocycles. The van der Waals surface area contributed by atoms with Crippen LogP contribution in [0.2, 0.25) is 0 Å². The van der Waals surface area contributed by atoms with E-state index in [1.54, 1.807) is 54.8 Å². The van der Waals surface area contributed by atoms with E-state index in [4.69, 9.17) is 22.9 Å². The van der Waals surface area contributed by atoms with Crippen molar-refractivity contribution in [3.05, 3.63) is 58.3 Å². The first-order valence-corrected chi connectivity index (χ1v) is 25.1. The smallest absolute Gasteiger partial charge is 0.246 e. The molecule has 8 atom stereocenters. The summed E-state index contributed by atoms with van der Waals surface area (Å²) in [6.07, 6.45) is -1.87. The molecule has 2 saturated heterocycles. The number of nitrogens with one attached hydrogen (secondary N) is 7. The Morgan fingerprint density at radius 3 is 2.24 bits per heavy atom. The molecule has 2 aliphatic rings. The predicted molar refractivity (Wildman–Crippen MR) is 263 cm³/mol. The number of thiophene rings is 1. The number of carbonyl (C=O) groups is 10. The lowest BCUT2D eigenvalue weighted by Gasteiger charge is -2.33. The maximum Gasteiger partial charge on any atom is 0.246 e. The highest BCUT2D eigenvalue weighted by Gasteiger charge is 2.44. The zero-order valence-corrected chi connectivity index (χ0v) is 41.2. The van der Waals surface area contributed by atoms with E-state index in [-0.39, 0.29) is 81.9 Å². The third kappa shape index (κ3) is 18.2. The second-order valence-corrected chi connectivity index (χ2v) is 19.5. The van der Waals surface area contributed by atoms with Gasteiger partial charge in [-0.05, 0) is 55.4 Å². The summed E-state index contributed by atoms with van der Waals surface area (Å²) in [6.45, 7) is 2.14. The molecule has 2 aromatic rings. The van der Waals surface area contributed by atoms with E-state index >= 15 is 0 Å². The first-order valence-electron chi connectivity index (χ1n) is 23.0. The maximum absolute atomic E-state index is 14.6. The molecule has 0 radical (unpaired) electrons. The van der Waals surface area contributed by atoms with Crippen LogP contribution in [0.1, 0.15) is 69.2 Å². The van der Waals surface area contributed by atoms with Gasteiger partial charge in [-0.1, -0.05) is 43.3 Å². The van der Waals surface area contributed by atoms with Crippen molar-refractivity contribution in [1.29, 1.82) is 0 Å². The number of primary amides is 2. The fourth-order valence-electron chi connectivity index (χ4n) is 7.66. The molecule has 0 bridgehead atoms. The zero-order valence-electron chi connectivity index (χ0n) is 39.6. The number of aliphatic hydroxyl groups excluding tert-OH is 1. The van der Waals surface area contributed by atoms with E-state index in [1.165, 1.54) is 18.3 Å². The standard InChI is InChI=1S/C45H65N13O11S2/c1-3-45(2)43(69)56-31(21-34(46)60)39(65)55-32(42(68)58-23-26(59)19-33(58)41(67)53-28(13-7-15-50-44(48)49)37(63)51-22-35(47)61)24-70-16-9-14-36(62)52-29(18-25-10-5-4-6-11-25)38(64)54-30(40(66)57-45)20-27-12-8-17-71-27/h4-6,8,10-12,17,26,28-33,59H,3,7,9,13-16,18-24H2,1-2H3,(H2,46,60)(H2,47,61)(H,51,63)(H,52,62)(H,53,67)(H,54,64)(H,55,65)(H,56,69)(H,57,66)(H4,48,49,50)/t26-,28-,29-,30+,31+,32+,33+,45+/m1/s1. The Bertz CT molecular complexity index is 2250. The number of thioether (sulfide) groups is 1. The maximum atomic E-state index is 14.6. The number of hydrogen-bond acceptors (Lipinski definition) is 14. The molecule has 1 aromatic heterocycles. The number of nitrogens with two attached hydrogens (primary N) is 4. The predicted octanol–water partition coefficient (Wildman–Crippen LogP) is -3.74. The first kappa shape index (κ1) is 56.8. The van der Waals surface area contributed by atoms with Crippen molar-refractivity contribution in [2.75, 3.05) is 31.1 Å². The van der Waals surface area contributed by atoms with Crippen molar-refractivity contribution >= 4 is 88.1 Å². The van der Waals surface area contributed by atoms with Crippen molar-refractivity contribution in [2.24, 2.45) is 27.9 Å². The third-order valence-corrected chi connectivity index (χ3v) is 13.7. The van der Waals surface area contributed by atoms with Crippen molar-refractivity contribution in [1.82, 2.24) is 42.1 Å². The van der Waals surface area contributed by atoms with Gasteiger partial charge in [-0.15, -0.1) is 11.3 Å². The van der Waals surface area contributed by atoms with E-state index in [2.05, 4.69) is 42.2 Å². The molecule has 0 saturated carbocycles.